The molecule has 0 radical (unpaired) electrons. The SMILES string of the molecule is Cc1noc(C)c1Cn1ccc(NC=S)n1. The van der Waals surface area contributed by atoms with Crippen molar-refractivity contribution in [2.24, 2.45) is 0 Å². The lowest BCUT2D eigenvalue weighted by Crippen LogP contribution is -2.03. The molecule has 2 aromatic rings. The van der Waals surface area contributed by atoms with Gasteiger partial charge in [0.1, 0.15) is 5.76 Å². The van der Waals surface area contributed by atoms with Crippen LogP contribution in [0.25, 0.3) is 0 Å². The molecule has 0 aliphatic heterocycles. The van der Waals surface area contributed by atoms with Crippen molar-refractivity contribution in [3.8, 4) is 0 Å². The highest BCUT2D eigenvalue weighted by Crippen LogP contribution is 2.14. The molecule has 2 heterocycles. The molecule has 16 heavy (non-hydrogen) atoms. The average Bonchev–Trinajstić information content (AvgIpc) is 2.81. The molecule has 0 aliphatic rings. The lowest BCUT2D eigenvalue weighted by atomic mass is 10.2. The molecule has 0 atom stereocenters. The van der Waals surface area contributed by atoms with Gasteiger partial charge in [0.25, 0.3) is 0 Å². The standard InChI is InChI=1S/C10H12N4OS/c1-7-9(8(2)15-13-7)5-14-4-3-10(12-14)11-6-16/h3-4,6H,5H2,1-2H3,(H,11,12,16). The Balaban J connectivity index is 2.17. The van der Waals surface area contributed by atoms with Gasteiger partial charge >= 0.3 is 0 Å². The van der Waals surface area contributed by atoms with Crippen molar-refractivity contribution in [2.45, 2.75) is 20.4 Å². The van der Waals surface area contributed by atoms with Gasteiger partial charge in [0.05, 0.1) is 17.7 Å². The maximum Gasteiger partial charge on any atom is 0.152 e. The highest BCUT2D eigenvalue weighted by Gasteiger charge is 2.09. The summed E-state index contributed by atoms with van der Waals surface area (Å²) >= 11 is 4.69. The second-order valence-electron chi connectivity index (χ2n) is 3.46. The highest BCUT2D eigenvalue weighted by molar-refractivity contribution is 7.79. The van der Waals surface area contributed by atoms with Gasteiger partial charge in [-0.1, -0.05) is 17.4 Å². The molecule has 6 heteroatoms. The number of rotatable bonds is 4. The summed E-state index contributed by atoms with van der Waals surface area (Å²) < 4.78 is 6.91. The molecular weight excluding hydrogens is 224 g/mol. The Morgan fingerprint density at radius 2 is 2.38 bits per heavy atom. The van der Waals surface area contributed by atoms with Crippen molar-refractivity contribution in [2.75, 3.05) is 5.32 Å². The molecule has 84 valence electrons. The molecule has 1 N–H and O–H groups in total. The summed E-state index contributed by atoms with van der Waals surface area (Å²) in [5.41, 5.74) is 3.40. The lowest BCUT2D eigenvalue weighted by Gasteiger charge is -2.00. The lowest BCUT2D eigenvalue weighted by molar-refractivity contribution is 0.391. The zero-order valence-corrected chi connectivity index (χ0v) is 9.91. The van der Waals surface area contributed by atoms with Gasteiger partial charge in [0, 0.05) is 17.8 Å². The van der Waals surface area contributed by atoms with Gasteiger partial charge in [-0.3, -0.25) is 4.68 Å². The summed E-state index contributed by atoms with van der Waals surface area (Å²) in [6.07, 6.45) is 1.88. The number of nitrogens with zero attached hydrogens (tertiary/aromatic N) is 3. The van der Waals surface area contributed by atoms with Crippen LogP contribution in [0.4, 0.5) is 5.82 Å². The van der Waals surface area contributed by atoms with Gasteiger partial charge < -0.3 is 9.84 Å². The summed E-state index contributed by atoms with van der Waals surface area (Å²) in [7, 11) is 0. The van der Waals surface area contributed by atoms with E-state index in [0.29, 0.717) is 6.54 Å². The minimum absolute atomic E-state index is 0.653. The van der Waals surface area contributed by atoms with Crippen molar-refractivity contribution >= 4 is 23.5 Å². The van der Waals surface area contributed by atoms with E-state index in [9.17, 15) is 0 Å². The molecule has 5 nitrogen and oxygen atoms in total. The molecule has 0 saturated carbocycles. The van der Waals surface area contributed by atoms with Gasteiger partial charge in [-0.25, -0.2) is 0 Å². The summed E-state index contributed by atoms with van der Waals surface area (Å²) in [4.78, 5) is 0. The van der Waals surface area contributed by atoms with Gasteiger partial charge in [0.2, 0.25) is 0 Å². The number of hydrogen-bond acceptors (Lipinski definition) is 4. The Kier molecular flexibility index (Phi) is 3.00. The molecular formula is C10H12N4OS. The third-order valence-electron chi connectivity index (χ3n) is 2.35. The number of hydrogen-bond donors (Lipinski definition) is 1. The molecule has 2 aromatic heterocycles. The summed E-state index contributed by atoms with van der Waals surface area (Å²) in [5.74, 6) is 1.57. The van der Waals surface area contributed by atoms with E-state index in [-0.39, 0.29) is 0 Å². The molecule has 0 spiro atoms. The number of thiocarbonyl (C=S) groups is 1. The molecule has 0 unspecified atom stereocenters. The first-order valence-electron chi connectivity index (χ1n) is 4.86. The van der Waals surface area contributed by atoms with Crippen molar-refractivity contribution in [3.63, 3.8) is 0 Å². The fourth-order valence-corrected chi connectivity index (χ4v) is 1.60. The van der Waals surface area contributed by atoms with Crippen molar-refractivity contribution in [3.05, 3.63) is 29.3 Å². The highest BCUT2D eigenvalue weighted by atomic mass is 32.1. The first-order valence-corrected chi connectivity index (χ1v) is 5.33. The summed E-state index contributed by atoms with van der Waals surface area (Å²) in [5, 5.41) is 11.1. The molecule has 0 saturated heterocycles. The zero-order valence-electron chi connectivity index (χ0n) is 9.10. The Morgan fingerprint density at radius 3 is 3.00 bits per heavy atom. The largest absolute Gasteiger partial charge is 0.361 e. The van der Waals surface area contributed by atoms with E-state index in [4.69, 9.17) is 16.7 Å². The fraction of sp³-hybridized carbons (Fsp3) is 0.300. The van der Waals surface area contributed by atoms with Crippen LogP contribution >= 0.6 is 12.2 Å². The van der Waals surface area contributed by atoms with E-state index in [1.165, 1.54) is 5.49 Å². The second kappa shape index (κ2) is 4.44. The Bertz CT molecular complexity index is 483. The van der Waals surface area contributed by atoms with Crippen LogP contribution in [-0.4, -0.2) is 20.4 Å². The number of aryl methyl sites for hydroxylation is 2. The topological polar surface area (TPSA) is 55.9 Å². The summed E-state index contributed by atoms with van der Waals surface area (Å²) in [6, 6.07) is 1.86. The molecule has 0 amide bonds. The second-order valence-corrected chi connectivity index (χ2v) is 3.70. The Labute approximate surface area is 98.4 Å². The maximum absolute atomic E-state index is 5.09. The fourth-order valence-electron chi connectivity index (χ4n) is 1.48. The minimum Gasteiger partial charge on any atom is -0.361 e. The van der Waals surface area contributed by atoms with Gasteiger partial charge in [-0.05, 0) is 13.8 Å². The zero-order chi connectivity index (χ0) is 11.5. The number of aromatic nitrogens is 3. The van der Waals surface area contributed by atoms with E-state index in [1.54, 1.807) is 0 Å². The van der Waals surface area contributed by atoms with Crippen LogP contribution in [0.15, 0.2) is 16.8 Å². The third kappa shape index (κ3) is 2.11. The van der Waals surface area contributed by atoms with Crippen molar-refractivity contribution in [1.29, 1.82) is 0 Å². The predicted octanol–water partition coefficient (Wildman–Crippen LogP) is 1.91. The van der Waals surface area contributed by atoms with Crippen LogP contribution < -0.4 is 5.32 Å². The molecule has 0 bridgehead atoms. The van der Waals surface area contributed by atoms with Crippen LogP contribution in [0.1, 0.15) is 17.0 Å². The van der Waals surface area contributed by atoms with E-state index in [1.807, 2.05) is 30.8 Å². The Hall–Kier alpha value is -1.69. The van der Waals surface area contributed by atoms with Crippen LogP contribution in [0.3, 0.4) is 0 Å². The minimum atomic E-state index is 0.653. The third-order valence-corrected chi connectivity index (χ3v) is 2.47. The van der Waals surface area contributed by atoms with E-state index in [0.717, 1.165) is 22.8 Å². The normalized spacial score (nSPS) is 10.4. The van der Waals surface area contributed by atoms with Crippen molar-refractivity contribution in [1.82, 2.24) is 14.9 Å². The van der Waals surface area contributed by atoms with Crippen LogP contribution in [0.5, 0.6) is 0 Å². The number of anilines is 1. The molecule has 2 rings (SSSR count). The average molecular weight is 236 g/mol. The Morgan fingerprint density at radius 1 is 1.56 bits per heavy atom. The van der Waals surface area contributed by atoms with E-state index < -0.39 is 0 Å². The van der Waals surface area contributed by atoms with Crippen LogP contribution in [-0.2, 0) is 6.54 Å². The quantitative estimate of drug-likeness (QED) is 0.822. The predicted molar refractivity (Wildman–Crippen MR) is 64.6 cm³/mol. The van der Waals surface area contributed by atoms with Crippen molar-refractivity contribution < 1.29 is 4.52 Å². The maximum atomic E-state index is 5.09. The smallest absolute Gasteiger partial charge is 0.152 e. The monoisotopic (exact) mass is 236 g/mol. The van der Waals surface area contributed by atoms with Gasteiger partial charge in [-0.15, -0.1) is 0 Å². The van der Waals surface area contributed by atoms with E-state index in [2.05, 4.69) is 15.6 Å². The van der Waals surface area contributed by atoms with Crippen LogP contribution in [0.2, 0.25) is 0 Å². The first kappa shape index (κ1) is 10.8. The van der Waals surface area contributed by atoms with Crippen LogP contribution in [0, 0.1) is 13.8 Å². The van der Waals surface area contributed by atoms with Gasteiger partial charge in [-0.2, -0.15) is 5.10 Å². The molecule has 0 aromatic carbocycles. The first-order chi connectivity index (χ1) is 7.70. The molecule has 0 aliphatic carbocycles. The molecule has 0 fully saturated rings. The number of nitrogens with one attached hydrogen (secondary N) is 1. The van der Waals surface area contributed by atoms with E-state index >= 15 is 0 Å². The summed E-state index contributed by atoms with van der Waals surface area (Å²) in [6.45, 7) is 4.47. The van der Waals surface area contributed by atoms with Gasteiger partial charge in [0.15, 0.2) is 5.82 Å².